The van der Waals surface area contributed by atoms with E-state index in [2.05, 4.69) is 20.5 Å². The van der Waals surface area contributed by atoms with E-state index < -0.39 is 0 Å². The number of nitrogens with zero attached hydrogens (tertiary/aromatic N) is 2. The van der Waals surface area contributed by atoms with Crippen molar-refractivity contribution in [3.63, 3.8) is 0 Å². The number of carbonyl (C=O) groups excluding carboxylic acids is 1. The van der Waals surface area contributed by atoms with Crippen LogP contribution in [-0.4, -0.2) is 55.1 Å². The molecule has 1 aromatic heterocycles. The van der Waals surface area contributed by atoms with Crippen LogP contribution in [0.5, 0.6) is 0 Å². The maximum atomic E-state index is 12.4. The molecule has 0 saturated carbocycles. The normalized spacial score (nSPS) is 14.4. The molecule has 1 aliphatic rings. The van der Waals surface area contributed by atoms with E-state index in [9.17, 15) is 4.79 Å². The Balaban J connectivity index is 0.00000156. The monoisotopic (exact) mass is 404 g/mol. The lowest BCUT2D eigenvalue weighted by atomic mass is 10.1. The van der Waals surface area contributed by atoms with Gasteiger partial charge in [-0.25, -0.2) is 0 Å². The Kier molecular flexibility index (Phi) is 9.46. The first-order valence-corrected chi connectivity index (χ1v) is 8.37. The molecular weight excluding hydrogens is 383 g/mol. The molecule has 1 aliphatic heterocycles. The molecule has 0 radical (unpaired) electrons. The van der Waals surface area contributed by atoms with E-state index in [-0.39, 0.29) is 30.7 Å². The van der Waals surface area contributed by atoms with Gasteiger partial charge in [-0.1, -0.05) is 17.7 Å². The van der Waals surface area contributed by atoms with Crippen molar-refractivity contribution in [3.05, 3.63) is 41.0 Å². The molecule has 0 aliphatic carbocycles. The third-order valence-corrected chi connectivity index (χ3v) is 4.28. The Bertz CT molecular complexity index is 693. The standard InChI is InChI=1S/C17H21ClN4O.2ClH/c18-14-11-13-3-1-4-20-16(13)15(12-14)17(23)21-5-2-8-22-9-6-19-7-10-22;;/h1,3-4,11-12,19H,2,5-10H2,(H,21,23);2*1H. The molecule has 1 saturated heterocycles. The highest BCUT2D eigenvalue weighted by Crippen LogP contribution is 2.22. The van der Waals surface area contributed by atoms with Crippen LogP contribution in [0, 0.1) is 0 Å². The van der Waals surface area contributed by atoms with Crippen molar-refractivity contribution >= 4 is 53.2 Å². The highest BCUT2D eigenvalue weighted by Gasteiger charge is 2.13. The Morgan fingerprint density at radius 1 is 1.28 bits per heavy atom. The van der Waals surface area contributed by atoms with Gasteiger partial charge in [-0.05, 0) is 31.2 Å². The van der Waals surface area contributed by atoms with Crippen LogP contribution >= 0.6 is 36.4 Å². The Hall–Kier alpha value is -1.11. The number of rotatable bonds is 5. The summed E-state index contributed by atoms with van der Waals surface area (Å²) in [5, 5.41) is 7.75. The van der Waals surface area contributed by atoms with E-state index in [1.54, 1.807) is 12.3 Å². The van der Waals surface area contributed by atoms with Crippen LogP contribution < -0.4 is 10.6 Å². The topological polar surface area (TPSA) is 57.3 Å². The van der Waals surface area contributed by atoms with Crippen molar-refractivity contribution in [1.82, 2.24) is 20.5 Å². The molecule has 0 spiro atoms. The Labute approximate surface area is 165 Å². The number of pyridine rings is 1. The van der Waals surface area contributed by atoms with E-state index >= 15 is 0 Å². The summed E-state index contributed by atoms with van der Waals surface area (Å²) in [5.41, 5.74) is 1.23. The molecule has 0 atom stereocenters. The summed E-state index contributed by atoms with van der Waals surface area (Å²) in [6.07, 6.45) is 2.63. The lowest BCUT2D eigenvalue weighted by Gasteiger charge is -2.27. The number of carbonyl (C=O) groups is 1. The molecule has 5 nitrogen and oxygen atoms in total. The fourth-order valence-electron chi connectivity index (χ4n) is 2.86. The third kappa shape index (κ3) is 5.97. The van der Waals surface area contributed by atoms with Crippen molar-refractivity contribution < 1.29 is 4.79 Å². The fourth-order valence-corrected chi connectivity index (χ4v) is 3.09. The summed E-state index contributed by atoms with van der Waals surface area (Å²) in [7, 11) is 0. The van der Waals surface area contributed by atoms with Gasteiger partial charge in [0.25, 0.3) is 5.91 Å². The summed E-state index contributed by atoms with van der Waals surface area (Å²) in [6, 6.07) is 7.26. The van der Waals surface area contributed by atoms with Gasteiger partial charge >= 0.3 is 0 Å². The second-order valence-electron chi connectivity index (χ2n) is 5.73. The van der Waals surface area contributed by atoms with Gasteiger partial charge in [0.1, 0.15) is 0 Å². The summed E-state index contributed by atoms with van der Waals surface area (Å²) in [4.78, 5) is 19.2. The van der Waals surface area contributed by atoms with Gasteiger partial charge in [0.2, 0.25) is 0 Å². The molecule has 2 aromatic rings. The van der Waals surface area contributed by atoms with Crippen LogP contribution in [0.3, 0.4) is 0 Å². The molecular formula is C17H23Cl3N4O. The zero-order chi connectivity index (χ0) is 16.1. The van der Waals surface area contributed by atoms with Gasteiger partial charge in [0, 0.05) is 49.3 Å². The zero-order valence-corrected chi connectivity index (χ0v) is 16.2. The average Bonchev–Trinajstić information content (AvgIpc) is 2.58. The van der Waals surface area contributed by atoms with Crippen molar-refractivity contribution in [2.24, 2.45) is 0 Å². The number of hydrogen-bond acceptors (Lipinski definition) is 4. The zero-order valence-electron chi connectivity index (χ0n) is 13.8. The minimum absolute atomic E-state index is 0. The smallest absolute Gasteiger partial charge is 0.253 e. The van der Waals surface area contributed by atoms with Gasteiger partial charge in [0.05, 0.1) is 11.1 Å². The fraction of sp³-hybridized carbons (Fsp3) is 0.412. The molecule has 138 valence electrons. The molecule has 1 amide bonds. The van der Waals surface area contributed by atoms with E-state index in [4.69, 9.17) is 11.6 Å². The minimum Gasteiger partial charge on any atom is -0.352 e. The molecule has 0 unspecified atom stereocenters. The number of aromatic nitrogens is 1. The van der Waals surface area contributed by atoms with Gasteiger partial charge in [-0.3, -0.25) is 9.78 Å². The van der Waals surface area contributed by atoms with Gasteiger partial charge in [0.15, 0.2) is 0 Å². The Morgan fingerprint density at radius 3 is 2.80 bits per heavy atom. The average molecular weight is 406 g/mol. The molecule has 2 heterocycles. The van der Waals surface area contributed by atoms with Crippen molar-refractivity contribution in [3.8, 4) is 0 Å². The highest BCUT2D eigenvalue weighted by atomic mass is 35.5. The van der Waals surface area contributed by atoms with Crippen LogP contribution in [0.1, 0.15) is 16.8 Å². The number of hydrogen-bond donors (Lipinski definition) is 2. The molecule has 1 fully saturated rings. The second-order valence-corrected chi connectivity index (χ2v) is 6.17. The van der Waals surface area contributed by atoms with Gasteiger partial charge in [-0.15, -0.1) is 24.8 Å². The minimum atomic E-state index is -0.114. The molecule has 0 bridgehead atoms. The predicted molar refractivity (Wildman–Crippen MR) is 108 cm³/mol. The van der Waals surface area contributed by atoms with E-state index in [0.717, 1.165) is 44.5 Å². The first-order chi connectivity index (χ1) is 11.2. The summed E-state index contributed by atoms with van der Waals surface area (Å²) in [6.45, 7) is 5.92. The van der Waals surface area contributed by atoms with Crippen molar-refractivity contribution in [2.75, 3.05) is 39.3 Å². The number of amides is 1. The van der Waals surface area contributed by atoms with Gasteiger partial charge in [-0.2, -0.15) is 0 Å². The lowest BCUT2D eigenvalue weighted by molar-refractivity contribution is 0.0952. The number of halogens is 3. The number of piperazine rings is 1. The third-order valence-electron chi connectivity index (χ3n) is 4.06. The van der Waals surface area contributed by atoms with E-state index in [0.29, 0.717) is 22.6 Å². The van der Waals surface area contributed by atoms with E-state index in [1.807, 2.05) is 18.2 Å². The Morgan fingerprint density at radius 2 is 2.04 bits per heavy atom. The molecule has 2 N–H and O–H groups in total. The van der Waals surface area contributed by atoms with Gasteiger partial charge < -0.3 is 15.5 Å². The summed E-state index contributed by atoms with van der Waals surface area (Å²) in [5.74, 6) is -0.114. The summed E-state index contributed by atoms with van der Waals surface area (Å²) < 4.78 is 0. The maximum Gasteiger partial charge on any atom is 0.253 e. The van der Waals surface area contributed by atoms with Crippen LogP contribution in [0.4, 0.5) is 0 Å². The van der Waals surface area contributed by atoms with Crippen molar-refractivity contribution in [2.45, 2.75) is 6.42 Å². The van der Waals surface area contributed by atoms with Crippen molar-refractivity contribution in [1.29, 1.82) is 0 Å². The number of nitrogens with one attached hydrogen (secondary N) is 2. The number of benzene rings is 1. The number of fused-ring (bicyclic) bond motifs is 1. The first-order valence-electron chi connectivity index (χ1n) is 7.99. The summed E-state index contributed by atoms with van der Waals surface area (Å²) >= 11 is 6.11. The molecule has 3 rings (SSSR count). The van der Waals surface area contributed by atoms with E-state index in [1.165, 1.54) is 0 Å². The van der Waals surface area contributed by atoms with Crippen LogP contribution in [0.15, 0.2) is 30.5 Å². The quantitative estimate of drug-likeness (QED) is 0.751. The molecule has 1 aromatic carbocycles. The molecule has 25 heavy (non-hydrogen) atoms. The SMILES string of the molecule is Cl.Cl.O=C(NCCCN1CCNCC1)c1cc(Cl)cc2cccnc12. The predicted octanol–water partition coefficient (Wildman–Crippen LogP) is 2.76. The van der Waals surface area contributed by atoms with Crippen LogP contribution in [0.25, 0.3) is 10.9 Å². The first kappa shape index (κ1) is 21.9. The highest BCUT2D eigenvalue weighted by molar-refractivity contribution is 6.32. The lowest BCUT2D eigenvalue weighted by Crippen LogP contribution is -2.44. The second kappa shape index (κ2) is 10.8. The largest absolute Gasteiger partial charge is 0.352 e. The maximum absolute atomic E-state index is 12.4. The van der Waals surface area contributed by atoms with Crippen LogP contribution in [-0.2, 0) is 0 Å². The molecule has 8 heteroatoms. The van der Waals surface area contributed by atoms with Crippen LogP contribution in [0.2, 0.25) is 5.02 Å².